The van der Waals surface area contributed by atoms with Crippen LogP contribution in [0.15, 0.2) is 23.1 Å². The van der Waals surface area contributed by atoms with Gasteiger partial charge in [0, 0.05) is 6.54 Å². The molecular formula is C15H21NO4S. The van der Waals surface area contributed by atoms with Crippen LogP contribution in [0.4, 0.5) is 0 Å². The molecule has 0 bridgehead atoms. The van der Waals surface area contributed by atoms with Crippen LogP contribution in [0.5, 0.6) is 0 Å². The van der Waals surface area contributed by atoms with Crippen LogP contribution >= 0.6 is 0 Å². The fraction of sp³-hybridized carbons (Fsp3) is 0.533. The molecule has 0 atom stereocenters. The van der Waals surface area contributed by atoms with Crippen LogP contribution in [-0.2, 0) is 16.4 Å². The van der Waals surface area contributed by atoms with Crippen molar-refractivity contribution in [1.29, 1.82) is 0 Å². The minimum absolute atomic E-state index is 0.0232. The summed E-state index contributed by atoms with van der Waals surface area (Å²) in [5.41, 5.74) is 0.693. The van der Waals surface area contributed by atoms with Crippen LogP contribution in [0.2, 0.25) is 0 Å². The predicted molar refractivity (Wildman–Crippen MR) is 79.9 cm³/mol. The molecule has 0 amide bonds. The molecule has 0 radical (unpaired) electrons. The van der Waals surface area contributed by atoms with E-state index in [0.717, 1.165) is 25.7 Å². The van der Waals surface area contributed by atoms with E-state index in [1.54, 1.807) is 6.07 Å². The summed E-state index contributed by atoms with van der Waals surface area (Å²) < 4.78 is 27.1. The second-order valence-electron chi connectivity index (χ2n) is 5.48. The van der Waals surface area contributed by atoms with E-state index in [1.807, 2.05) is 6.92 Å². The van der Waals surface area contributed by atoms with Gasteiger partial charge in [-0.2, -0.15) is 0 Å². The van der Waals surface area contributed by atoms with Crippen molar-refractivity contribution in [2.75, 3.05) is 6.54 Å². The SMILES string of the molecule is CCc1ccc(S(=O)(=O)NCC2CCCC2)cc1C(=O)O. The molecule has 0 saturated heterocycles. The van der Waals surface area contributed by atoms with Crippen molar-refractivity contribution < 1.29 is 18.3 Å². The number of benzene rings is 1. The summed E-state index contributed by atoms with van der Waals surface area (Å²) in [7, 11) is -3.64. The van der Waals surface area contributed by atoms with Crippen molar-refractivity contribution in [3.05, 3.63) is 29.3 Å². The van der Waals surface area contributed by atoms with Crippen LogP contribution in [0.3, 0.4) is 0 Å². The van der Waals surface area contributed by atoms with E-state index in [4.69, 9.17) is 0 Å². The monoisotopic (exact) mass is 311 g/mol. The third-order valence-corrected chi connectivity index (χ3v) is 5.46. The van der Waals surface area contributed by atoms with Gasteiger partial charge in [0.2, 0.25) is 10.0 Å². The van der Waals surface area contributed by atoms with Crippen molar-refractivity contribution in [2.24, 2.45) is 5.92 Å². The zero-order valence-electron chi connectivity index (χ0n) is 12.1. The minimum Gasteiger partial charge on any atom is -0.478 e. The number of carboxylic acid groups (broad SMARTS) is 1. The van der Waals surface area contributed by atoms with E-state index >= 15 is 0 Å². The minimum atomic E-state index is -3.64. The number of hydrogen-bond donors (Lipinski definition) is 2. The van der Waals surface area contributed by atoms with Crippen LogP contribution in [-0.4, -0.2) is 26.0 Å². The summed E-state index contributed by atoms with van der Waals surface area (Å²) in [4.78, 5) is 11.2. The molecule has 2 rings (SSSR count). The number of aromatic carboxylic acids is 1. The number of hydrogen-bond acceptors (Lipinski definition) is 3. The molecular weight excluding hydrogens is 290 g/mol. The third-order valence-electron chi connectivity index (χ3n) is 4.04. The molecule has 2 N–H and O–H groups in total. The highest BCUT2D eigenvalue weighted by molar-refractivity contribution is 7.89. The quantitative estimate of drug-likeness (QED) is 0.845. The molecule has 1 aromatic carbocycles. The van der Waals surface area contributed by atoms with Crippen molar-refractivity contribution in [1.82, 2.24) is 4.72 Å². The van der Waals surface area contributed by atoms with Gasteiger partial charge in [-0.15, -0.1) is 0 Å². The van der Waals surface area contributed by atoms with Gasteiger partial charge in [0.15, 0.2) is 0 Å². The van der Waals surface area contributed by atoms with Gasteiger partial charge in [0.05, 0.1) is 10.5 Å². The molecule has 6 heteroatoms. The van der Waals surface area contributed by atoms with Gasteiger partial charge in [-0.3, -0.25) is 0 Å². The van der Waals surface area contributed by atoms with Crippen LogP contribution in [0.25, 0.3) is 0 Å². The van der Waals surface area contributed by atoms with Gasteiger partial charge in [0.1, 0.15) is 0 Å². The van der Waals surface area contributed by atoms with E-state index in [-0.39, 0.29) is 10.5 Å². The fourth-order valence-corrected chi connectivity index (χ4v) is 3.90. The Labute approximate surface area is 125 Å². The Hall–Kier alpha value is -1.40. The molecule has 0 aromatic heterocycles. The zero-order chi connectivity index (χ0) is 15.5. The first-order valence-electron chi connectivity index (χ1n) is 7.30. The normalized spacial score (nSPS) is 16.2. The largest absolute Gasteiger partial charge is 0.478 e. The first-order valence-corrected chi connectivity index (χ1v) is 8.78. The van der Waals surface area contributed by atoms with Gasteiger partial charge < -0.3 is 5.11 Å². The number of sulfonamides is 1. The molecule has 0 aliphatic heterocycles. The van der Waals surface area contributed by atoms with Gasteiger partial charge in [-0.25, -0.2) is 17.9 Å². The number of carboxylic acids is 1. The fourth-order valence-electron chi connectivity index (χ4n) is 2.76. The van der Waals surface area contributed by atoms with Crippen molar-refractivity contribution >= 4 is 16.0 Å². The molecule has 0 heterocycles. The van der Waals surface area contributed by atoms with E-state index in [1.165, 1.54) is 12.1 Å². The summed E-state index contributed by atoms with van der Waals surface area (Å²) in [5.74, 6) is -0.701. The van der Waals surface area contributed by atoms with Crippen LogP contribution in [0, 0.1) is 5.92 Å². The van der Waals surface area contributed by atoms with E-state index in [9.17, 15) is 18.3 Å². The highest BCUT2D eigenvalue weighted by Gasteiger charge is 2.21. The van der Waals surface area contributed by atoms with Crippen molar-refractivity contribution in [3.63, 3.8) is 0 Å². The summed E-state index contributed by atoms with van der Waals surface area (Å²) >= 11 is 0. The Bertz CT molecular complexity index is 619. The van der Waals surface area contributed by atoms with E-state index in [2.05, 4.69) is 4.72 Å². The maximum absolute atomic E-state index is 12.3. The first kappa shape index (κ1) is 16.0. The first-order chi connectivity index (χ1) is 9.94. The molecule has 1 aromatic rings. The molecule has 1 saturated carbocycles. The zero-order valence-corrected chi connectivity index (χ0v) is 12.9. The van der Waals surface area contributed by atoms with E-state index in [0.29, 0.717) is 24.4 Å². The Morgan fingerprint density at radius 1 is 1.33 bits per heavy atom. The van der Waals surface area contributed by atoms with Crippen molar-refractivity contribution in [2.45, 2.75) is 43.9 Å². The van der Waals surface area contributed by atoms with Gasteiger partial charge in [-0.05, 0) is 42.9 Å². The number of rotatable bonds is 6. The predicted octanol–water partition coefficient (Wildman–Crippen LogP) is 2.42. The maximum Gasteiger partial charge on any atom is 0.336 e. The lowest BCUT2D eigenvalue weighted by molar-refractivity contribution is 0.0695. The lowest BCUT2D eigenvalue weighted by Gasteiger charge is -2.12. The highest BCUT2D eigenvalue weighted by Crippen LogP contribution is 2.24. The molecule has 1 aliphatic carbocycles. The summed E-state index contributed by atoms with van der Waals surface area (Å²) in [6.07, 6.45) is 4.97. The van der Waals surface area contributed by atoms with Gasteiger partial charge in [-0.1, -0.05) is 25.8 Å². The van der Waals surface area contributed by atoms with Gasteiger partial charge in [0.25, 0.3) is 0 Å². The van der Waals surface area contributed by atoms with Crippen LogP contribution < -0.4 is 4.72 Å². The molecule has 5 nitrogen and oxygen atoms in total. The van der Waals surface area contributed by atoms with Gasteiger partial charge >= 0.3 is 5.97 Å². The lowest BCUT2D eigenvalue weighted by Crippen LogP contribution is -2.28. The molecule has 1 fully saturated rings. The molecule has 1 aliphatic rings. The summed E-state index contributed by atoms with van der Waals surface area (Å²) in [5, 5.41) is 9.17. The summed E-state index contributed by atoms with van der Waals surface area (Å²) in [6.45, 7) is 2.27. The smallest absolute Gasteiger partial charge is 0.336 e. The average molecular weight is 311 g/mol. The second-order valence-corrected chi connectivity index (χ2v) is 7.25. The third kappa shape index (κ3) is 3.83. The van der Waals surface area contributed by atoms with Crippen molar-refractivity contribution in [3.8, 4) is 0 Å². The highest BCUT2D eigenvalue weighted by atomic mass is 32.2. The Morgan fingerprint density at radius 2 is 2.00 bits per heavy atom. The standard InChI is InChI=1S/C15H21NO4S/c1-2-12-7-8-13(9-14(12)15(17)18)21(19,20)16-10-11-5-3-4-6-11/h7-9,11,16H,2-6,10H2,1H3,(H,17,18). The molecule has 21 heavy (non-hydrogen) atoms. The maximum atomic E-state index is 12.3. The lowest BCUT2D eigenvalue weighted by atomic mass is 10.1. The van der Waals surface area contributed by atoms with Crippen LogP contribution in [0.1, 0.15) is 48.5 Å². The van der Waals surface area contributed by atoms with E-state index < -0.39 is 16.0 Å². The molecule has 0 unspecified atom stereocenters. The summed E-state index contributed by atoms with van der Waals surface area (Å²) in [6, 6.07) is 4.30. The number of nitrogens with one attached hydrogen (secondary N) is 1. The molecule has 0 spiro atoms. The topological polar surface area (TPSA) is 83.5 Å². The second kappa shape index (κ2) is 6.58. The Kier molecular flexibility index (Phi) is 5.00. The Morgan fingerprint density at radius 3 is 2.57 bits per heavy atom. The average Bonchev–Trinajstić information content (AvgIpc) is 2.97. The Balaban J connectivity index is 2.18. The molecule has 116 valence electrons. The number of carbonyl (C=O) groups is 1. The number of aryl methyl sites for hydroxylation is 1.